The summed E-state index contributed by atoms with van der Waals surface area (Å²) in [5.41, 5.74) is 2.14. The number of hydrogen-bond donors (Lipinski definition) is 0. The number of Topliss-reactive ketones (excluding diaryl/α,β-unsaturated/α-hetero) is 1. The minimum atomic E-state index is -2.92. The van der Waals surface area contributed by atoms with Gasteiger partial charge >= 0.3 is 0 Å². The van der Waals surface area contributed by atoms with Crippen molar-refractivity contribution in [3.63, 3.8) is 0 Å². The summed E-state index contributed by atoms with van der Waals surface area (Å²) in [7, 11) is 1.71. The fourth-order valence-corrected chi connectivity index (χ4v) is 4.73. The van der Waals surface area contributed by atoms with Gasteiger partial charge in [0, 0.05) is 64.4 Å². The van der Waals surface area contributed by atoms with Crippen molar-refractivity contribution in [2.24, 2.45) is 4.99 Å². The van der Waals surface area contributed by atoms with Crippen molar-refractivity contribution in [2.45, 2.75) is 38.8 Å². The molecule has 2 heterocycles. The Morgan fingerprint density at radius 1 is 1.21 bits per heavy atom. The van der Waals surface area contributed by atoms with E-state index in [0.717, 1.165) is 51.3 Å². The van der Waals surface area contributed by atoms with E-state index in [-0.39, 0.29) is 17.4 Å². The number of halogens is 2. The molecule has 178 valence electrons. The lowest BCUT2D eigenvalue weighted by Gasteiger charge is -2.39. The predicted molar refractivity (Wildman–Crippen MR) is 124 cm³/mol. The van der Waals surface area contributed by atoms with Gasteiger partial charge in [0.15, 0.2) is 5.78 Å². The maximum absolute atomic E-state index is 14.3. The lowest BCUT2D eigenvalue weighted by molar-refractivity contribution is -0.113. The molecule has 2 aliphatic heterocycles. The minimum absolute atomic E-state index is 0.0129. The lowest BCUT2D eigenvalue weighted by atomic mass is 9.96. The van der Waals surface area contributed by atoms with Crippen LogP contribution in [0.25, 0.3) is 0 Å². The first-order valence-electron chi connectivity index (χ1n) is 11.5. The third-order valence-electron chi connectivity index (χ3n) is 6.57. The van der Waals surface area contributed by atoms with E-state index in [2.05, 4.69) is 14.7 Å². The van der Waals surface area contributed by atoms with E-state index < -0.39 is 5.92 Å². The number of carbonyl (C=O) groups is 1. The van der Waals surface area contributed by atoms with Crippen molar-refractivity contribution in [3.05, 3.63) is 58.8 Å². The zero-order valence-corrected chi connectivity index (χ0v) is 19.6. The maximum atomic E-state index is 14.3. The van der Waals surface area contributed by atoms with Crippen molar-refractivity contribution >= 4 is 11.7 Å². The Balaban J connectivity index is 1.61. The highest BCUT2D eigenvalue weighted by atomic mass is 19.3. The van der Waals surface area contributed by atoms with E-state index in [4.69, 9.17) is 9.73 Å². The normalized spacial score (nSPS) is 21.5. The molecule has 0 saturated carbocycles. The van der Waals surface area contributed by atoms with Crippen LogP contribution in [-0.4, -0.2) is 78.9 Å². The summed E-state index contributed by atoms with van der Waals surface area (Å²) in [5.74, 6) is -2.10. The van der Waals surface area contributed by atoms with E-state index in [0.29, 0.717) is 30.7 Å². The van der Waals surface area contributed by atoms with Crippen molar-refractivity contribution in [1.82, 2.24) is 14.7 Å². The maximum Gasteiger partial charge on any atom is 0.270 e. The van der Waals surface area contributed by atoms with Gasteiger partial charge in [-0.25, -0.2) is 13.8 Å². The van der Waals surface area contributed by atoms with E-state index >= 15 is 0 Å². The molecule has 0 bridgehead atoms. The smallest absolute Gasteiger partial charge is 0.270 e. The van der Waals surface area contributed by atoms with Gasteiger partial charge in [0.25, 0.3) is 5.92 Å². The van der Waals surface area contributed by atoms with Crippen molar-refractivity contribution in [2.75, 3.05) is 46.4 Å². The van der Waals surface area contributed by atoms with Crippen LogP contribution in [0, 0.1) is 0 Å². The number of guanidine groups is 1. The molecule has 1 saturated heterocycles. The Morgan fingerprint density at radius 3 is 2.61 bits per heavy atom. The molecule has 33 heavy (non-hydrogen) atoms. The molecule has 1 atom stereocenters. The van der Waals surface area contributed by atoms with Crippen LogP contribution in [0.2, 0.25) is 0 Å². The average molecular weight is 459 g/mol. The number of nitrogens with zero attached hydrogens (tertiary/aromatic N) is 4. The van der Waals surface area contributed by atoms with Gasteiger partial charge in [-0.3, -0.25) is 9.69 Å². The van der Waals surface area contributed by atoms with Crippen LogP contribution in [0.3, 0.4) is 0 Å². The molecule has 4 rings (SSSR count). The van der Waals surface area contributed by atoms with Gasteiger partial charge < -0.3 is 14.5 Å². The summed E-state index contributed by atoms with van der Waals surface area (Å²) in [6.45, 7) is 7.81. The van der Waals surface area contributed by atoms with Crippen LogP contribution in [0.4, 0.5) is 8.78 Å². The van der Waals surface area contributed by atoms with Crippen LogP contribution >= 0.6 is 0 Å². The van der Waals surface area contributed by atoms with Gasteiger partial charge in [0.2, 0.25) is 5.96 Å². The second-order valence-electron chi connectivity index (χ2n) is 8.94. The standard InChI is InChI=1S/C25H32F2N4O2/c1-18(32)19-8-9-23-22(16-19)28-24(30-12-10-29(11-13-30)14-15-33-3)31(23)17-20-6-4-5-7-21(20)25(2,26)27/h4-8,16,23H,9-15,17H2,1-3H3. The number of fused-ring (bicyclic) bond motifs is 1. The monoisotopic (exact) mass is 458 g/mol. The van der Waals surface area contributed by atoms with Crippen LogP contribution < -0.4 is 0 Å². The van der Waals surface area contributed by atoms with E-state index in [9.17, 15) is 13.6 Å². The van der Waals surface area contributed by atoms with E-state index in [1.54, 1.807) is 32.2 Å². The molecule has 6 nitrogen and oxygen atoms in total. The Bertz CT molecular complexity index is 975. The fourth-order valence-electron chi connectivity index (χ4n) is 4.73. The second-order valence-corrected chi connectivity index (χ2v) is 8.94. The van der Waals surface area contributed by atoms with Gasteiger partial charge in [-0.1, -0.05) is 30.3 Å². The quantitative estimate of drug-likeness (QED) is 0.627. The van der Waals surface area contributed by atoms with E-state index in [1.165, 1.54) is 6.07 Å². The molecule has 0 spiro atoms. The molecule has 1 aromatic carbocycles. The molecule has 0 radical (unpaired) electrons. The Kier molecular flexibility index (Phi) is 6.95. The molecule has 1 unspecified atom stereocenters. The number of alkyl halides is 2. The number of allylic oxidation sites excluding steroid dienone is 2. The molecule has 1 aliphatic carbocycles. The van der Waals surface area contributed by atoms with Gasteiger partial charge in [0.1, 0.15) is 0 Å². The summed E-state index contributed by atoms with van der Waals surface area (Å²) < 4.78 is 33.8. The highest BCUT2D eigenvalue weighted by Gasteiger charge is 2.38. The highest BCUT2D eigenvalue weighted by Crippen LogP contribution is 2.35. The number of methoxy groups -OCH3 is 1. The van der Waals surface area contributed by atoms with Gasteiger partial charge in [-0.2, -0.15) is 0 Å². The molecule has 0 aromatic heterocycles. The topological polar surface area (TPSA) is 48.4 Å². The van der Waals surface area contributed by atoms with Gasteiger partial charge in [0.05, 0.1) is 18.3 Å². The van der Waals surface area contributed by atoms with Crippen molar-refractivity contribution in [3.8, 4) is 0 Å². The van der Waals surface area contributed by atoms with Crippen LogP contribution in [0.1, 0.15) is 31.4 Å². The number of carbonyl (C=O) groups excluding carboxylic acids is 1. The number of ketones is 1. The van der Waals surface area contributed by atoms with Crippen molar-refractivity contribution < 1.29 is 18.3 Å². The zero-order valence-electron chi connectivity index (χ0n) is 19.6. The Morgan fingerprint density at radius 2 is 1.94 bits per heavy atom. The third-order valence-corrected chi connectivity index (χ3v) is 6.57. The predicted octanol–water partition coefficient (Wildman–Crippen LogP) is 3.41. The highest BCUT2D eigenvalue weighted by molar-refractivity contribution is 5.97. The number of benzene rings is 1. The number of hydrogen-bond acceptors (Lipinski definition) is 6. The fraction of sp³-hybridized carbons (Fsp3) is 0.520. The Labute approximate surface area is 194 Å². The molecule has 8 heteroatoms. The molecular weight excluding hydrogens is 426 g/mol. The molecule has 1 aromatic rings. The summed E-state index contributed by atoms with van der Waals surface area (Å²) in [6.07, 6.45) is 4.42. The summed E-state index contributed by atoms with van der Waals surface area (Å²) in [4.78, 5) is 23.6. The van der Waals surface area contributed by atoms with E-state index in [1.807, 2.05) is 12.2 Å². The van der Waals surface area contributed by atoms with Gasteiger partial charge in [-0.15, -0.1) is 0 Å². The minimum Gasteiger partial charge on any atom is -0.383 e. The molecule has 0 N–H and O–H groups in total. The number of ether oxygens (including phenoxy) is 1. The summed E-state index contributed by atoms with van der Waals surface area (Å²) in [6, 6.07) is 6.67. The first-order chi connectivity index (χ1) is 15.8. The first kappa shape index (κ1) is 23.6. The lowest BCUT2D eigenvalue weighted by Crippen LogP contribution is -2.53. The largest absolute Gasteiger partial charge is 0.383 e. The number of aliphatic imine (C=N–C) groups is 1. The Hall–Kier alpha value is -2.58. The number of piperazine rings is 1. The molecular formula is C25H32F2N4O2. The van der Waals surface area contributed by atoms with Crippen LogP contribution in [0.15, 0.2) is 52.7 Å². The number of rotatable bonds is 7. The molecule has 0 amide bonds. The van der Waals surface area contributed by atoms with Crippen LogP contribution in [-0.2, 0) is 22.0 Å². The van der Waals surface area contributed by atoms with Crippen molar-refractivity contribution in [1.29, 1.82) is 0 Å². The molecule has 3 aliphatic rings. The van der Waals surface area contributed by atoms with Gasteiger partial charge in [-0.05, 0) is 25.0 Å². The third kappa shape index (κ3) is 5.17. The first-order valence-corrected chi connectivity index (χ1v) is 11.5. The average Bonchev–Trinajstić information content (AvgIpc) is 3.15. The molecule has 1 fully saturated rings. The SMILES string of the molecule is COCCN1CCN(C2=NC3=CC(C(C)=O)=CCC3N2Cc2ccccc2C(C)(F)F)CC1. The van der Waals surface area contributed by atoms with Crippen LogP contribution in [0.5, 0.6) is 0 Å². The summed E-state index contributed by atoms with van der Waals surface area (Å²) >= 11 is 0. The second kappa shape index (κ2) is 9.73. The summed E-state index contributed by atoms with van der Waals surface area (Å²) in [5, 5.41) is 0. The zero-order chi connectivity index (χ0) is 23.6.